The quantitative estimate of drug-likeness (QED) is 0.710. The van der Waals surface area contributed by atoms with Crippen LogP contribution in [-0.4, -0.2) is 23.0 Å². The van der Waals surface area contributed by atoms with Crippen LogP contribution >= 0.6 is 22.9 Å². The van der Waals surface area contributed by atoms with Gasteiger partial charge in [-0.1, -0.05) is 11.6 Å². The summed E-state index contributed by atoms with van der Waals surface area (Å²) < 4.78 is 6.12. The van der Waals surface area contributed by atoms with Crippen molar-refractivity contribution >= 4 is 50.7 Å². The Morgan fingerprint density at radius 2 is 1.96 bits per heavy atom. The Morgan fingerprint density at radius 1 is 1.21 bits per heavy atom. The van der Waals surface area contributed by atoms with Crippen molar-refractivity contribution in [2.75, 3.05) is 5.32 Å². The van der Waals surface area contributed by atoms with Gasteiger partial charge in [-0.05, 0) is 49.4 Å². The van der Waals surface area contributed by atoms with Crippen molar-refractivity contribution in [2.24, 2.45) is 0 Å². The highest BCUT2D eigenvalue weighted by Crippen LogP contribution is 2.20. The highest BCUT2D eigenvalue weighted by Gasteiger charge is 2.19. The van der Waals surface area contributed by atoms with E-state index in [0.29, 0.717) is 16.3 Å². The van der Waals surface area contributed by atoms with Gasteiger partial charge in [-0.15, -0.1) is 11.3 Å². The Hall–Kier alpha value is -2.44. The Labute approximate surface area is 147 Å². The lowest BCUT2D eigenvalue weighted by atomic mass is 10.2. The summed E-state index contributed by atoms with van der Waals surface area (Å²) in [7, 11) is 0. The van der Waals surface area contributed by atoms with Crippen LogP contribution in [0.5, 0.6) is 0 Å². The van der Waals surface area contributed by atoms with Gasteiger partial charge in [0.1, 0.15) is 0 Å². The van der Waals surface area contributed by atoms with E-state index in [9.17, 15) is 9.59 Å². The molecule has 5 nitrogen and oxygen atoms in total. The minimum atomic E-state index is -0.926. The molecule has 1 heterocycles. The number of nitrogens with zero attached hydrogens (tertiary/aromatic N) is 1. The average Bonchev–Trinajstić information content (AvgIpc) is 3.04. The fourth-order valence-corrected chi connectivity index (χ4v) is 2.88. The normalized spacial score (nSPS) is 11.9. The molecule has 0 saturated heterocycles. The number of rotatable bonds is 4. The number of halogens is 1. The number of carbonyl (C=O) groups excluding carboxylic acids is 2. The largest absolute Gasteiger partial charge is 0.449 e. The van der Waals surface area contributed by atoms with Gasteiger partial charge >= 0.3 is 5.97 Å². The Bertz CT molecular complexity index is 892. The van der Waals surface area contributed by atoms with Crippen molar-refractivity contribution in [1.29, 1.82) is 0 Å². The molecular formula is C17H13ClN2O3S. The van der Waals surface area contributed by atoms with E-state index in [1.807, 2.05) is 0 Å². The van der Waals surface area contributed by atoms with Gasteiger partial charge in [0.2, 0.25) is 0 Å². The van der Waals surface area contributed by atoms with Crippen LogP contribution in [-0.2, 0) is 9.53 Å². The third-order valence-corrected chi connectivity index (χ3v) is 4.38. The van der Waals surface area contributed by atoms with Crippen LogP contribution in [0.2, 0.25) is 5.02 Å². The summed E-state index contributed by atoms with van der Waals surface area (Å²) in [5.41, 5.74) is 3.50. The molecule has 1 N–H and O–H groups in total. The van der Waals surface area contributed by atoms with Gasteiger partial charge in [0.25, 0.3) is 5.91 Å². The first-order valence-electron chi connectivity index (χ1n) is 7.13. The number of fused-ring (bicyclic) bond motifs is 1. The standard InChI is InChI=1S/C17H13ClN2O3S/c1-10(16(21)20-13-5-3-12(18)4-6-13)23-17(22)11-2-7-14-15(8-11)24-9-19-14/h2-10H,1H3,(H,20,21)/t10-/m1/s1. The number of esters is 1. The lowest BCUT2D eigenvalue weighted by Crippen LogP contribution is -2.29. The number of hydrogen-bond acceptors (Lipinski definition) is 5. The van der Waals surface area contributed by atoms with Gasteiger partial charge in [-0.3, -0.25) is 4.79 Å². The zero-order valence-corrected chi connectivity index (χ0v) is 14.2. The second-order valence-electron chi connectivity index (χ2n) is 5.08. The summed E-state index contributed by atoms with van der Waals surface area (Å²) in [6, 6.07) is 11.8. The van der Waals surface area contributed by atoms with Crippen LogP contribution in [0.25, 0.3) is 10.2 Å². The van der Waals surface area contributed by atoms with E-state index < -0.39 is 18.0 Å². The van der Waals surface area contributed by atoms with E-state index in [1.54, 1.807) is 48.0 Å². The molecule has 0 unspecified atom stereocenters. The Balaban J connectivity index is 1.64. The second kappa shape index (κ2) is 6.98. The summed E-state index contributed by atoms with van der Waals surface area (Å²) in [6.45, 7) is 1.52. The molecule has 0 aliphatic rings. The van der Waals surface area contributed by atoms with Crippen LogP contribution < -0.4 is 5.32 Å². The summed E-state index contributed by atoms with van der Waals surface area (Å²) in [5, 5.41) is 3.24. The number of hydrogen-bond donors (Lipinski definition) is 1. The van der Waals surface area contributed by atoms with E-state index >= 15 is 0 Å². The molecule has 0 bridgehead atoms. The number of ether oxygens (including phenoxy) is 1. The van der Waals surface area contributed by atoms with Crippen LogP contribution in [0.3, 0.4) is 0 Å². The molecule has 0 radical (unpaired) electrons. The zero-order chi connectivity index (χ0) is 17.1. The van der Waals surface area contributed by atoms with E-state index in [2.05, 4.69) is 10.3 Å². The number of benzene rings is 2. The first-order chi connectivity index (χ1) is 11.5. The fourth-order valence-electron chi connectivity index (χ4n) is 2.04. The van der Waals surface area contributed by atoms with Crippen LogP contribution in [0.1, 0.15) is 17.3 Å². The van der Waals surface area contributed by atoms with E-state index in [0.717, 1.165) is 10.2 Å². The molecule has 0 fully saturated rings. The molecule has 1 atom stereocenters. The van der Waals surface area contributed by atoms with Crippen molar-refractivity contribution in [1.82, 2.24) is 4.98 Å². The lowest BCUT2D eigenvalue weighted by Gasteiger charge is -2.13. The highest BCUT2D eigenvalue weighted by molar-refractivity contribution is 7.16. The predicted octanol–water partition coefficient (Wildman–Crippen LogP) is 4.13. The number of thiazole rings is 1. The first kappa shape index (κ1) is 16.4. The number of aromatic nitrogens is 1. The first-order valence-corrected chi connectivity index (χ1v) is 8.39. The van der Waals surface area contributed by atoms with Crippen LogP contribution in [0, 0.1) is 0 Å². The Morgan fingerprint density at radius 3 is 2.71 bits per heavy atom. The molecule has 1 aromatic heterocycles. The van der Waals surface area contributed by atoms with E-state index in [1.165, 1.54) is 18.3 Å². The number of anilines is 1. The molecular weight excluding hydrogens is 348 g/mol. The zero-order valence-electron chi connectivity index (χ0n) is 12.7. The molecule has 0 saturated carbocycles. The number of amides is 1. The SMILES string of the molecule is C[C@@H](OC(=O)c1ccc2ncsc2c1)C(=O)Nc1ccc(Cl)cc1. The van der Waals surface area contributed by atoms with Gasteiger partial charge in [-0.2, -0.15) is 0 Å². The van der Waals surface area contributed by atoms with Gasteiger partial charge in [0.05, 0.1) is 21.3 Å². The second-order valence-corrected chi connectivity index (χ2v) is 6.40. The molecule has 7 heteroatoms. The molecule has 122 valence electrons. The van der Waals surface area contributed by atoms with Crippen molar-refractivity contribution < 1.29 is 14.3 Å². The maximum Gasteiger partial charge on any atom is 0.338 e. The van der Waals surface area contributed by atoms with Crippen molar-refractivity contribution in [3.05, 3.63) is 58.6 Å². The van der Waals surface area contributed by atoms with Crippen LogP contribution in [0.4, 0.5) is 5.69 Å². The van der Waals surface area contributed by atoms with Crippen molar-refractivity contribution in [3.8, 4) is 0 Å². The van der Waals surface area contributed by atoms with E-state index in [-0.39, 0.29) is 0 Å². The summed E-state index contributed by atoms with van der Waals surface area (Å²) in [4.78, 5) is 28.4. The third kappa shape index (κ3) is 3.72. The minimum Gasteiger partial charge on any atom is -0.449 e. The van der Waals surface area contributed by atoms with Gasteiger partial charge < -0.3 is 10.1 Å². The number of nitrogens with one attached hydrogen (secondary N) is 1. The van der Waals surface area contributed by atoms with Crippen molar-refractivity contribution in [3.63, 3.8) is 0 Å². The average molecular weight is 361 g/mol. The third-order valence-electron chi connectivity index (χ3n) is 3.33. The van der Waals surface area contributed by atoms with Gasteiger partial charge in [-0.25, -0.2) is 9.78 Å². The smallest absolute Gasteiger partial charge is 0.338 e. The molecule has 0 aliphatic heterocycles. The molecule has 24 heavy (non-hydrogen) atoms. The molecule has 1 amide bonds. The topological polar surface area (TPSA) is 68.3 Å². The van der Waals surface area contributed by atoms with Crippen LogP contribution in [0.15, 0.2) is 48.0 Å². The predicted molar refractivity (Wildman–Crippen MR) is 94.6 cm³/mol. The summed E-state index contributed by atoms with van der Waals surface area (Å²) in [6.07, 6.45) is -0.926. The monoisotopic (exact) mass is 360 g/mol. The maximum atomic E-state index is 12.2. The summed E-state index contributed by atoms with van der Waals surface area (Å²) >= 11 is 7.23. The Kier molecular flexibility index (Phi) is 4.78. The molecule has 3 rings (SSSR count). The molecule has 0 aliphatic carbocycles. The minimum absolute atomic E-state index is 0.387. The lowest BCUT2D eigenvalue weighted by molar-refractivity contribution is -0.123. The molecule has 0 spiro atoms. The van der Waals surface area contributed by atoms with Gasteiger partial charge in [0, 0.05) is 10.7 Å². The fraction of sp³-hybridized carbons (Fsp3) is 0.118. The van der Waals surface area contributed by atoms with Crippen molar-refractivity contribution in [2.45, 2.75) is 13.0 Å². The maximum absolute atomic E-state index is 12.2. The number of carbonyl (C=O) groups is 2. The highest BCUT2D eigenvalue weighted by atomic mass is 35.5. The van der Waals surface area contributed by atoms with Gasteiger partial charge in [0.15, 0.2) is 6.10 Å². The summed E-state index contributed by atoms with van der Waals surface area (Å²) in [5.74, 6) is -0.964. The molecule has 3 aromatic rings. The molecule has 2 aromatic carbocycles. The van der Waals surface area contributed by atoms with E-state index in [4.69, 9.17) is 16.3 Å².